The maximum absolute atomic E-state index is 13.6. The van der Waals surface area contributed by atoms with Crippen molar-refractivity contribution in [3.63, 3.8) is 0 Å². The van der Waals surface area contributed by atoms with Crippen LogP contribution in [0.15, 0.2) is 79.1 Å². The van der Waals surface area contributed by atoms with Crippen LogP contribution in [0.4, 0.5) is 4.39 Å². The van der Waals surface area contributed by atoms with Crippen molar-refractivity contribution in [2.75, 3.05) is 0 Å². The molecule has 0 spiro atoms. The number of aromatic nitrogens is 1. The van der Waals surface area contributed by atoms with Gasteiger partial charge in [0.15, 0.2) is 5.78 Å². The summed E-state index contributed by atoms with van der Waals surface area (Å²) in [4.78, 5) is 16.0. The van der Waals surface area contributed by atoms with Crippen LogP contribution >= 0.6 is 0 Å². The van der Waals surface area contributed by atoms with Gasteiger partial charge in [-0.3, -0.25) is 9.78 Å². The predicted octanol–water partition coefficient (Wildman–Crippen LogP) is 4.70. The zero-order valence-electron chi connectivity index (χ0n) is 13.4. The number of carbonyl (C=O) groups is 1. The van der Waals surface area contributed by atoms with Gasteiger partial charge < -0.3 is 4.74 Å². The summed E-state index contributed by atoms with van der Waals surface area (Å²) in [5.41, 5.74) is 1.91. The average Bonchev–Trinajstić information content (AvgIpc) is 2.66. The topological polar surface area (TPSA) is 39.2 Å². The number of carbonyl (C=O) groups excluding carboxylic acids is 1. The van der Waals surface area contributed by atoms with Crippen LogP contribution in [0, 0.1) is 5.82 Å². The molecule has 0 saturated heterocycles. The minimum atomic E-state index is -0.290. The Morgan fingerprint density at radius 3 is 2.64 bits per heavy atom. The maximum atomic E-state index is 13.6. The number of ketones is 1. The van der Waals surface area contributed by atoms with E-state index in [0.717, 1.165) is 5.56 Å². The molecule has 0 aliphatic carbocycles. The fraction of sp³-hybridized carbons (Fsp3) is 0.0476. The first-order valence-corrected chi connectivity index (χ1v) is 7.81. The Bertz CT molecular complexity index is 891. The lowest BCUT2D eigenvalue weighted by Gasteiger charge is -2.07. The molecule has 25 heavy (non-hydrogen) atoms. The lowest BCUT2D eigenvalue weighted by molar-refractivity contribution is 0.104. The molecule has 0 fully saturated rings. The maximum Gasteiger partial charge on any atom is 0.185 e. The van der Waals surface area contributed by atoms with Gasteiger partial charge in [0.25, 0.3) is 0 Å². The molecule has 1 aromatic heterocycles. The van der Waals surface area contributed by atoms with E-state index in [1.165, 1.54) is 12.1 Å². The molecule has 2 aromatic carbocycles. The minimum absolute atomic E-state index is 0.0971. The van der Waals surface area contributed by atoms with Crippen molar-refractivity contribution < 1.29 is 13.9 Å². The van der Waals surface area contributed by atoms with E-state index in [-0.39, 0.29) is 18.2 Å². The Morgan fingerprint density at radius 1 is 1.04 bits per heavy atom. The van der Waals surface area contributed by atoms with E-state index < -0.39 is 0 Å². The van der Waals surface area contributed by atoms with Gasteiger partial charge in [0.1, 0.15) is 18.2 Å². The van der Waals surface area contributed by atoms with Crippen molar-refractivity contribution in [3.8, 4) is 5.75 Å². The van der Waals surface area contributed by atoms with Crippen LogP contribution in [-0.2, 0) is 6.61 Å². The van der Waals surface area contributed by atoms with E-state index in [0.29, 0.717) is 16.9 Å². The van der Waals surface area contributed by atoms with Crippen molar-refractivity contribution >= 4 is 11.9 Å². The molecule has 0 unspecified atom stereocenters. The van der Waals surface area contributed by atoms with Gasteiger partial charge >= 0.3 is 0 Å². The van der Waals surface area contributed by atoms with Gasteiger partial charge in [0.2, 0.25) is 0 Å². The number of pyridine rings is 1. The molecule has 3 nitrogen and oxygen atoms in total. The van der Waals surface area contributed by atoms with Crippen LogP contribution in [0.5, 0.6) is 5.75 Å². The summed E-state index contributed by atoms with van der Waals surface area (Å²) in [5, 5.41) is 0. The van der Waals surface area contributed by atoms with E-state index in [9.17, 15) is 9.18 Å². The zero-order chi connectivity index (χ0) is 17.5. The Morgan fingerprint density at radius 2 is 1.84 bits per heavy atom. The van der Waals surface area contributed by atoms with E-state index in [2.05, 4.69) is 4.98 Å². The fourth-order valence-electron chi connectivity index (χ4n) is 2.27. The van der Waals surface area contributed by atoms with Gasteiger partial charge in [-0.05, 0) is 42.0 Å². The number of ether oxygens (including phenoxy) is 1. The second-order valence-corrected chi connectivity index (χ2v) is 5.39. The SMILES string of the molecule is O=C(/C=C/c1cccc(OCc2ccccc2F)c1)c1ccncc1. The van der Waals surface area contributed by atoms with Gasteiger partial charge in [0.05, 0.1) is 0 Å². The molecule has 3 aromatic rings. The van der Waals surface area contributed by atoms with Gasteiger partial charge in [-0.1, -0.05) is 36.4 Å². The number of allylic oxidation sites excluding steroid dienone is 1. The first-order valence-electron chi connectivity index (χ1n) is 7.81. The lowest BCUT2D eigenvalue weighted by atomic mass is 10.1. The average molecular weight is 333 g/mol. The highest BCUT2D eigenvalue weighted by Gasteiger charge is 2.03. The molecule has 0 saturated carbocycles. The quantitative estimate of drug-likeness (QED) is 0.485. The molecular formula is C21H16FNO2. The third-order valence-electron chi connectivity index (χ3n) is 3.60. The first-order chi connectivity index (χ1) is 12.2. The van der Waals surface area contributed by atoms with Crippen LogP contribution in [0.25, 0.3) is 6.08 Å². The largest absolute Gasteiger partial charge is 0.489 e. The Kier molecular flexibility index (Phi) is 5.32. The third-order valence-corrected chi connectivity index (χ3v) is 3.60. The smallest absolute Gasteiger partial charge is 0.185 e. The van der Waals surface area contributed by atoms with Crippen molar-refractivity contribution in [2.45, 2.75) is 6.61 Å². The van der Waals surface area contributed by atoms with E-state index in [1.54, 1.807) is 60.9 Å². The fourth-order valence-corrected chi connectivity index (χ4v) is 2.27. The van der Waals surface area contributed by atoms with Crippen LogP contribution in [-0.4, -0.2) is 10.8 Å². The molecule has 0 atom stereocenters. The van der Waals surface area contributed by atoms with Crippen molar-refractivity contribution in [2.24, 2.45) is 0 Å². The summed E-state index contributed by atoms with van der Waals surface area (Å²) >= 11 is 0. The standard InChI is InChI=1S/C21H16FNO2/c22-20-7-2-1-5-18(20)15-25-19-6-3-4-16(14-19)8-9-21(24)17-10-12-23-13-11-17/h1-14H,15H2/b9-8+. The van der Waals surface area contributed by atoms with Gasteiger partial charge in [-0.25, -0.2) is 4.39 Å². The Hall–Kier alpha value is -3.27. The zero-order valence-corrected chi connectivity index (χ0v) is 13.4. The summed E-state index contributed by atoms with van der Waals surface area (Å²) in [6.07, 6.45) is 6.39. The van der Waals surface area contributed by atoms with Crippen molar-refractivity contribution in [1.29, 1.82) is 0 Å². The summed E-state index contributed by atoms with van der Waals surface area (Å²) in [5.74, 6) is 0.225. The molecule has 1 heterocycles. The lowest BCUT2D eigenvalue weighted by Crippen LogP contribution is -1.98. The molecule has 4 heteroatoms. The highest BCUT2D eigenvalue weighted by Crippen LogP contribution is 2.17. The summed E-state index contributed by atoms with van der Waals surface area (Å²) in [6, 6.07) is 17.1. The molecule has 0 bridgehead atoms. The molecule has 0 N–H and O–H groups in total. The molecule has 0 aliphatic rings. The molecule has 3 rings (SSSR count). The number of halogens is 1. The summed E-state index contributed by atoms with van der Waals surface area (Å²) in [7, 11) is 0. The Labute approximate surface area is 145 Å². The second-order valence-electron chi connectivity index (χ2n) is 5.39. The van der Waals surface area contributed by atoms with Gasteiger partial charge in [0, 0.05) is 23.5 Å². The minimum Gasteiger partial charge on any atom is -0.489 e. The van der Waals surface area contributed by atoms with E-state index in [4.69, 9.17) is 4.74 Å². The van der Waals surface area contributed by atoms with Crippen LogP contribution in [0.3, 0.4) is 0 Å². The van der Waals surface area contributed by atoms with Crippen LogP contribution in [0.2, 0.25) is 0 Å². The normalized spacial score (nSPS) is 10.8. The number of hydrogen-bond donors (Lipinski definition) is 0. The monoisotopic (exact) mass is 333 g/mol. The number of hydrogen-bond acceptors (Lipinski definition) is 3. The van der Waals surface area contributed by atoms with Crippen LogP contribution in [0.1, 0.15) is 21.5 Å². The van der Waals surface area contributed by atoms with Crippen molar-refractivity contribution in [1.82, 2.24) is 4.98 Å². The van der Waals surface area contributed by atoms with E-state index in [1.807, 2.05) is 12.1 Å². The molecular weight excluding hydrogens is 317 g/mol. The molecule has 124 valence electrons. The van der Waals surface area contributed by atoms with Gasteiger partial charge in [-0.2, -0.15) is 0 Å². The molecule has 0 radical (unpaired) electrons. The number of rotatable bonds is 6. The second kappa shape index (κ2) is 8.02. The van der Waals surface area contributed by atoms with E-state index >= 15 is 0 Å². The predicted molar refractivity (Wildman–Crippen MR) is 94.8 cm³/mol. The van der Waals surface area contributed by atoms with Crippen molar-refractivity contribution in [3.05, 3.63) is 102 Å². The molecule has 0 amide bonds. The highest BCUT2D eigenvalue weighted by atomic mass is 19.1. The first kappa shape index (κ1) is 16.6. The summed E-state index contributed by atoms with van der Waals surface area (Å²) in [6.45, 7) is 0.149. The van der Waals surface area contributed by atoms with Crippen LogP contribution < -0.4 is 4.74 Å². The Balaban J connectivity index is 1.66. The highest BCUT2D eigenvalue weighted by molar-refractivity contribution is 6.06. The third kappa shape index (κ3) is 4.61. The van der Waals surface area contributed by atoms with Gasteiger partial charge in [-0.15, -0.1) is 0 Å². The number of benzene rings is 2. The summed E-state index contributed by atoms with van der Waals surface area (Å²) < 4.78 is 19.2. The molecule has 0 aliphatic heterocycles. The number of nitrogens with zero attached hydrogens (tertiary/aromatic N) is 1.